The van der Waals surface area contributed by atoms with Gasteiger partial charge in [0.15, 0.2) is 0 Å². The Balaban J connectivity index is 1.44. The lowest BCUT2D eigenvalue weighted by atomic mass is 10.0. The monoisotopic (exact) mass is 409 g/mol. The Hall–Kier alpha value is -3.42. The van der Waals surface area contributed by atoms with Crippen LogP contribution < -0.4 is 15.5 Å². The molecule has 0 spiro atoms. The minimum Gasteiger partial charge on any atom is -0.350 e. The van der Waals surface area contributed by atoms with Crippen LogP contribution in [0.2, 0.25) is 0 Å². The number of hydrogen-bond acceptors (Lipinski definition) is 3. The number of anilines is 1. The average Bonchev–Trinajstić information content (AvgIpc) is 3.30. The van der Waals surface area contributed by atoms with E-state index < -0.39 is 6.04 Å². The Bertz CT molecular complexity index is 1080. The predicted molar refractivity (Wildman–Crippen MR) is 112 cm³/mol. The Morgan fingerprint density at radius 1 is 1.10 bits per heavy atom. The molecule has 2 heterocycles. The highest BCUT2D eigenvalue weighted by molar-refractivity contribution is 5.96. The van der Waals surface area contributed by atoms with Gasteiger partial charge in [-0.05, 0) is 35.7 Å². The van der Waals surface area contributed by atoms with Crippen LogP contribution in [0.15, 0.2) is 48.5 Å². The summed E-state index contributed by atoms with van der Waals surface area (Å²) in [5.74, 6) is -0.129. The number of rotatable bonds is 5. The molecule has 3 aromatic rings. The van der Waals surface area contributed by atoms with Crippen molar-refractivity contribution in [1.82, 2.24) is 20.2 Å². The van der Waals surface area contributed by atoms with Crippen LogP contribution in [0, 0.1) is 11.7 Å². The second-order valence-corrected chi connectivity index (χ2v) is 7.72. The van der Waals surface area contributed by atoms with E-state index in [1.54, 1.807) is 17.0 Å². The summed E-state index contributed by atoms with van der Waals surface area (Å²) in [6.07, 6.45) is 0. The van der Waals surface area contributed by atoms with Crippen molar-refractivity contribution in [1.29, 1.82) is 0 Å². The van der Waals surface area contributed by atoms with Crippen LogP contribution in [0.25, 0.3) is 11.0 Å². The van der Waals surface area contributed by atoms with Crippen LogP contribution in [-0.4, -0.2) is 34.1 Å². The summed E-state index contributed by atoms with van der Waals surface area (Å²) in [6, 6.07) is 12.6. The van der Waals surface area contributed by atoms with Gasteiger partial charge in [-0.25, -0.2) is 14.2 Å². The SMILES string of the molecule is CC(C)[C@H](NC(=O)N1CCn2c1nc1ccccc12)C(=O)NCc1ccc(F)cc1. The van der Waals surface area contributed by atoms with Gasteiger partial charge in [0, 0.05) is 19.6 Å². The third kappa shape index (κ3) is 3.85. The van der Waals surface area contributed by atoms with Crippen LogP contribution in [0.3, 0.4) is 0 Å². The predicted octanol–water partition coefficient (Wildman–Crippen LogP) is 3.05. The number of para-hydroxylation sites is 2. The highest BCUT2D eigenvalue weighted by Gasteiger charge is 2.32. The molecule has 0 radical (unpaired) electrons. The molecule has 1 aliphatic heterocycles. The molecule has 156 valence electrons. The number of benzene rings is 2. The molecule has 0 saturated heterocycles. The molecule has 2 N–H and O–H groups in total. The van der Waals surface area contributed by atoms with E-state index >= 15 is 0 Å². The third-order valence-electron chi connectivity index (χ3n) is 5.28. The molecule has 0 bridgehead atoms. The van der Waals surface area contributed by atoms with Gasteiger partial charge in [0.2, 0.25) is 11.9 Å². The first-order valence-electron chi connectivity index (χ1n) is 9.99. The van der Waals surface area contributed by atoms with Gasteiger partial charge < -0.3 is 15.2 Å². The van der Waals surface area contributed by atoms with Gasteiger partial charge in [0.25, 0.3) is 0 Å². The fraction of sp³-hybridized carbons (Fsp3) is 0.318. The first-order chi connectivity index (χ1) is 14.4. The summed E-state index contributed by atoms with van der Waals surface area (Å²) in [6.45, 7) is 5.17. The summed E-state index contributed by atoms with van der Waals surface area (Å²) >= 11 is 0. The van der Waals surface area contributed by atoms with Gasteiger partial charge in [0.1, 0.15) is 11.9 Å². The number of imidazole rings is 1. The first-order valence-corrected chi connectivity index (χ1v) is 9.99. The van der Waals surface area contributed by atoms with E-state index in [-0.39, 0.29) is 30.2 Å². The standard InChI is InChI=1S/C22H24FN5O2/c1-14(2)19(20(29)24-13-15-7-9-16(23)10-8-15)26-22(30)28-12-11-27-18-6-4-3-5-17(18)25-21(27)28/h3-10,14,19H,11-13H2,1-2H3,(H,24,29)(H,26,30)/t19-/m0/s1. The van der Waals surface area contributed by atoms with E-state index in [1.165, 1.54) is 12.1 Å². The summed E-state index contributed by atoms with van der Waals surface area (Å²) in [4.78, 5) is 31.8. The molecule has 1 atom stereocenters. The molecule has 7 nitrogen and oxygen atoms in total. The third-order valence-corrected chi connectivity index (χ3v) is 5.28. The average molecular weight is 409 g/mol. The molecule has 30 heavy (non-hydrogen) atoms. The van der Waals surface area contributed by atoms with E-state index in [9.17, 15) is 14.0 Å². The minimum atomic E-state index is -0.698. The highest BCUT2D eigenvalue weighted by Crippen LogP contribution is 2.27. The largest absolute Gasteiger partial charge is 0.350 e. The minimum absolute atomic E-state index is 0.108. The summed E-state index contributed by atoms with van der Waals surface area (Å²) in [7, 11) is 0. The van der Waals surface area contributed by atoms with E-state index in [0.717, 1.165) is 16.6 Å². The Morgan fingerprint density at radius 3 is 2.57 bits per heavy atom. The number of fused-ring (bicyclic) bond motifs is 3. The lowest BCUT2D eigenvalue weighted by Crippen LogP contribution is -2.53. The fourth-order valence-corrected chi connectivity index (χ4v) is 3.63. The molecule has 1 aromatic heterocycles. The van der Waals surface area contributed by atoms with Crippen molar-refractivity contribution < 1.29 is 14.0 Å². The Morgan fingerprint density at radius 2 is 1.83 bits per heavy atom. The molecular weight excluding hydrogens is 385 g/mol. The van der Waals surface area contributed by atoms with Crippen molar-refractivity contribution in [3.8, 4) is 0 Å². The van der Waals surface area contributed by atoms with Crippen molar-refractivity contribution in [3.05, 3.63) is 59.9 Å². The molecule has 4 rings (SSSR count). The summed E-state index contributed by atoms with van der Waals surface area (Å²) < 4.78 is 15.0. The van der Waals surface area contributed by atoms with Crippen molar-refractivity contribution >= 4 is 28.9 Å². The number of aromatic nitrogens is 2. The maximum absolute atomic E-state index is 13.0. The molecular formula is C22H24FN5O2. The van der Waals surface area contributed by atoms with Gasteiger partial charge in [-0.1, -0.05) is 38.1 Å². The maximum atomic E-state index is 13.0. The van der Waals surface area contributed by atoms with Crippen molar-refractivity contribution in [2.75, 3.05) is 11.4 Å². The molecule has 8 heteroatoms. The molecule has 0 fully saturated rings. The molecule has 2 aromatic carbocycles. The number of halogens is 1. The molecule has 0 saturated carbocycles. The number of nitrogens with zero attached hydrogens (tertiary/aromatic N) is 3. The highest BCUT2D eigenvalue weighted by atomic mass is 19.1. The van der Waals surface area contributed by atoms with Crippen LogP contribution in [0.4, 0.5) is 15.1 Å². The molecule has 0 aliphatic carbocycles. The van der Waals surface area contributed by atoms with Gasteiger partial charge in [-0.2, -0.15) is 0 Å². The molecule has 3 amide bonds. The number of hydrogen-bond donors (Lipinski definition) is 2. The van der Waals surface area contributed by atoms with Gasteiger partial charge in [0.05, 0.1) is 11.0 Å². The van der Waals surface area contributed by atoms with Gasteiger partial charge in [-0.15, -0.1) is 0 Å². The number of carbonyl (C=O) groups excluding carboxylic acids is 2. The number of carbonyl (C=O) groups is 2. The van der Waals surface area contributed by atoms with Gasteiger partial charge in [-0.3, -0.25) is 9.69 Å². The van der Waals surface area contributed by atoms with E-state index in [0.29, 0.717) is 19.0 Å². The van der Waals surface area contributed by atoms with Gasteiger partial charge >= 0.3 is 6.03 Å². The number of urea groups is 1. The maximum Gasteiger partial charge on any atom is 0.324 e. The van der Waals surface area contributed by atoms with Crippen molar-refractivity contribution in [2.24, 2.45) is 5.92 Å². The normalized spacial score (nSPS) is 14.1. The number of nitrogens with one attached hydrogen (secondary N) is 2. The smallest absolute Gasteiger partial charge is 0.324 e. The van der Waals surface area contributed by atoms with Crippen LogP contribution >= 0.6 is 0 Å². The number of amides is 3. The summed E-state index contributed by atoms with van der Waals surface area (Å²) in [5.41, 5.74) is 2.61. The van der Waals surface area contributed by atoms with Crippen molar-refractivity contribution in [3.63, 3.8) is 0 Å². The molecule has 1 aliphatic rings. The second-order valence-electron chi connectivity index (χ2n) is 7.72. The van der Waals surface area contributed by atoms with E-state index in [4.69, 9.17) is 0 Å². The van der Waals surface area contributed by atoms with Crippen LogP contribution in [0.1, 0.15) is 19.4 Å². The van der Waals surface area contributed by atoms with Crippen molar-refractivity contribution in [2.45, 2.75) is 33.0 Å². The first kappa shape index (κ1) is 19.9. The Kier molecular flexibility index (Phi) is 5.39. The lowest BCUT2D eigenvalue weighted by molar-refractivity contribution is -0.124. The quantitative estimate of drug-likeness (QED) is 0.680. The Labute approximate surface area is 173 Å². The zero-order valence-electron chi connectivity index (χ0n) is 16.9. The fourth-order valence-electron chi connectivity index (χ4n) is 3.63. The summed E-state index contributed by atoms with van der Waals surface area (Å²) in [5, 5.41) is 5.67. The van der Waals surface area contributed by atoms with E-state index in [2.05, 4.69) is 15.6 Å². The van der Waals surface area contributed by atoms with Crippen LogP contribution in [-0.2, 0) is 17.9 Å². The zero-order valence-corrected chi connectivity index (χ0v) is 16.9. The zero-order chi connectivity index (χ0) is 21.3. The van der Waals surface area contributed by atoms with E-state index in [1.807, 2.05) is 42.7 Å². The lowest BCUT2D eigenvalue weighted by Gasteiger charge is -2.24. The van der Waals surface area contributed by atoms with Crippen LogP contribution in [0.5, 0.6) is 0 Å². The second kappa shape index (κ2) is 8.14. The topological polar surface area (TPSA) is 79.3 Å². The molecule has 0 unspecified atom stereocenters.